The molecular weight excluding hydrogens is 238 g/mol. The molecule has 0 heterocycles. The summed E-state index contributed by atoms with van der Waals surface area (Å²) in [6.45, 7) is 1.40. The average Bonchev–Trinajstić information content (AvgIpc) is 2.37. The highest BCUT2D eigenvalue weighted by Gasteiger charge is 2.17. The Bertz CT molecular complexity index is 458. The van der Waals surface area contributed by atoms with Crippen LogP contribution in [0.25, 0.3) is 0 Å². The zero-order valence-electron chi connectivity index (χ0n) is 10.4. The Morgan fingerprint density at radius 2 is 1.78 bits per heavy atom. The van der Waals surface area contributed by atoms with Crippen LogP contribution in [0, 0.1) is 0 Å². The first-order chi connectivity index (χ1) is 8.49. The van der Waals surface area contributed by atoms with Crippen LogP contribution >= 0.6 is 0 Å². The van der Waals surface area contributed by atoms with Gasteiger partial charge in [0.2, 0.25) is 0 Å². The van der Waals surface area contributed by atoms with E-state index in [0.29, 0.717) is 11.5 Å². The second-order valence-electron chi connectivity index (χ2n) is 3.52. The lowest BCUT2D eigenvalue weighted by Gasteiger charge is -2.11. The number of primary amides is 1. The topological polar surface area (TPSA) is 87.9 Å². The molecule has 98 valence electrons. The SMILES string of the molecule is COc1ccc(C(=O)OC(C)C(N)=O)cc1OC. The molecule has 0 aliphatic carbocycles. The van der Waals surface area contributed by atoms with Crippen molar-refractivity contribution in [3.8, 4) is 11.5 Å². The highest BCUT2D eigenvalue weighted by molar-refractivity contribution is 5.92. The Labute approximate surface area is 105 Å². The van der Waals surface area contributed by atoms with E-state index in [1.54, 1.807) is 6.07 Å². The maximum absolute atomic E-state index is 11.7. The predicted molar refractivity (Wildman–Crippen MR) is 63.6 cm³/mol. The van der Waals surface area contributed by atoms with E-state index in [1.807, 2.05) is 0 Å². The number of esters is 1. The summed E-state index contributed by atoms with van der Waals surface area (Å²) in [6.07, 6.45) is -0.981. The molecule has 1 amide bonds. The molecule has 1 atom stereocenters. The molecule has 0 saturated heterocycles. The van der Waals surface area contributed by atoms with Crippen LogP contribution in [-0.4, -0.2) is 32.2 Å². The third-order valence-electron chi connectivity index (χ3n) is 2.30. The fourth-order valence-corrected chi connectivity index (χ4v) is 1.25. The molecule has 0 spiro atoms. The molecule has 6 heteroatoms. The number of carbonyl (C=O) groups is 2. The Hall–Kier alpha value is -2.24. The van der Waals surface area contributed by atoms with Gasteiger partial charge in [0.25, 0.3) is 5.91 Å². The largest absolute Gasteiger partial charge is 0.493 e. The number of methoxy groups -OCH3 is 2. The van der Waals surface area contributed by atoms with E-state index in [2.05, 4.69) is 0 Å². The van der Waals surface area contributed by atoms with Gasteiger partial charge >= 0.3 is 5.97 Å². The lowest BCUT2D eigenvalue weighted by atomic mass is 10.2. The quantitative estimate of drug-likeness (QED) is 0.782. The zero-order valence-corrected chi connectivity index (χ0v) is 10.4. The number of ether oxygens (including phenoxy) is 3. The van der Waals surface area contributed by atoms with E-state index in [4.69, 9.17) is 19.9 Å². The maximum Gasteiger partial charge on any atom is 0.339 e. The summed E-state index contributed by atoms with van der Waals surface area (Å²) in [5.74, 6) is -0.457. The summed E-state index contributed by atoms with van der Waals surface area (Å²) < 4.78 is 15.0. The molecule has 0 radical (unpaired) electrons. The first kappa shape index (κ1) is 13.8. The number of hydrogen-bond acceptors (Lipinski definition) is 5. The molecule has 0 aromatic heterocycles. The predicted octanol–water partition coefficient (Wildman–Crippen LogP) is 0.734. The monoisotopic (exact) mass is 253 g/mol. The minimum atomic E-state index is -0.981. The molecule has 18 heavy (non-hydrogen) atoms. The van der Waals surface area contributed by atoms with Crippen LogP contribution in [0.4, 0.5) is 0 Å². The van der Waals surface area contributed by atoms with E-state index in [9.17, 15) is 9.59 Å². The van der Waals surface area contributed by atoms with E-state index < -0.39 is 18.0 Å². The third-order valence-corrected chi connectivity index (χ3v) is 2.30. The maximum atomic E-state index is 11.7. The second-order valence-corrected chi connectivity index (χ2v) is 3.52. The number of benzene rings is 1. The Kier molecular flexibility index (Phi) is 4.53. The molecule has 2 N–H and O–H groups in total. The first-order valence-electron chi connectivity index (χ1n) is 5.22. The van der Waals surface area contributed by atoms with Crippen LogP contribution in [-0.2, 0) is 9.53 Å². The minimum Gasteiger partial charge on any atom is -0.493 e. The average molecular weight is 253 g/mol. The summed E-state index contributed by atoms with van der Waals surface area (Å²) >= 11 is 0. The van der Waals surface area contributed by atoms with Gasteiger partial charge in [-0.05, 0) is 25.1 Å². The molecule has 0 aliphatic rings. The Morgan fingerprint density at radius 3 is 2.28 bits per heavy atom. The number of amides is 1. The van der Waals surface area contributed by atoms with Crippen molar-refractivity contribution in [1.29, 1.82) is 0 Å². The molecular formula is C12H15NO5. The number of hydrogen-bond donors (Lipinski definition) is 1. The van der Waals surface area contributed by atoms with Gasteiger partial charge in [0, 0.05) is 0 Å². The number of rotatable bonds is 5. The smallest absolute Gasteiger partial charge is 0.339 e. The van der Waals surface area contributed by atoms with Crippen LogP contribution in [0.1, 0.15) is 17.3 Å². The van der Waals surface area contributed by atoms with Crippen molar-refractivity contribution in [3.05, 3.63) is 23.8 Å². The van der Waals surface area contributed by atoms with Gasteiger partial charge < -0.3 is 19.9 Å². The van der Waals surface area contributed by atoms with Gasteiger partial charge in [-0.3, -0.25) is 4.79 Å². The Morgan fingerprint density at radius 1 is 1.17 bits per heavy atom. The van der Waals surface area contributed by atoms with E-state index in [0.717, 1.165) is 0 Å². The lowest BCUT2D eigenvalue weighted by molar-refractivity contribution is -0.125. The molecule has 0 aliphatic heterocycles. The molecule has 6 nitrogen and oxygen atoms in total. The fraction of sp³-hybridized carbons (Fsp3) is 0.333. The first-order valence-corrected chi connectivity index (χ1v) is 5.22. The van der Waals surface area contributed by atoms with E-state index >= 15 is 0 Å². The molecule has 0 saturated carbocycles. The summed E-state index contributed by atoms with van der Waals surface area (Å²) in [5, 5.41) is 0. The second kappa shape index (κ2) is 5.90. The van der Waals surface area contributed by atoms with Gasteiger partial charge in [-0.2, -0.15) is 0 Å². The van der Waals surface area contributed by atoms with Crippen molar-refractivity contribution in [3.63, 3.8) is 0 Å². The highest BCUT2D eigenvalue weighted by Crippen LogP contribution is 2.27. The van der Waals surface area contributed by atoms with E-state index in [-0.39, 0.29) is 5.56 Å². The summed E-state index contributed by atoms with van der Waals surface area (Å²) in [6, 6.07) is 4.55. The standard InChI is InChI=1S/C12H15NO5/c1-7(11(13)14)18-12(15)8-4-5-9(16-2)10(6-8)17-3/h4-7H,1-3H3,(H2,13,14). The van der Waals surface area contributed by atoms with Gasteiger partial charge in [-0.1, -0.05) is 0 Å². The van der Waals surface area contributed by atoms with Crippen LogP contribution in [0.2, 0.25) is 0 Å². The summed E-state index contributed by atoms with van der Waals surface area (Å²) in [7, 11) is 2.95. The lowest BCUT2D eigenvalue weighted by Crippen LogP contribution is -2.30. The number of carbonyl (C=O) groups excluding carboxylic acids is 2. The van der Waals surface area contributed by atoms with Crippen molar-refractivity contribution >= 4 is 11.9 Å². The highest BCUT2D eigenvalue weighted by atomic mass is 16.5. The molecule has 0 bridgehead atoms. The van der Waals surface area contributed by atoms with E-state index in [1.165, 1.54) is 33.3 Å². The summed E-state index contributed by atoms with van der Waals surface area (Å²) in [5.41, 5.74) is 5.25. The van der Waals surface area contributed by atoms with Crippen molar-refractivity contribution in [2.75, 3.05) is 14.2 Å². The van der Waals surface area contributed by atoms with Gasteiger partial charge in [-0.25, -0.2) is 4.79 Å². The van der Waals surface area contributed by atoms with Crippen LogP contribution in [0.5, 0.6) is 11.5 Å². The van der Waals surface area contributed by atoms with Crippen molar-refractivity contribution in [2.24, 2.45) is 5.73 Å². The van der Waals surface area contributed by atoms with Crippen LogP contribution < -0.4 is 15.2 Å². The molecule has 1 aromatic carbocycles. The minimum absolute atomic E-state index is 0.251. The van der Waals surface area contributed by atoms with Gasteiger partial charge in [0.15, 0.2) is 17.6 Å². The normalized spacial score (nSPS) is 11.5. The zero-order chi connectivity index (χ0) is 13.7. The van der Waals surface area contributed by atoms with Gasteiger partial charge in [-0.15, -0.1) is 0 Å². The van der Waals surface area contributed by atoms with Crippen molar-refractivity contribution < 1.29 is 23.8 Å². The molecule has 0 fully saturated rings. The number of nitrogens with two attached hydrogens (primary N) is 1. The summed E-state index contributed by atoms with van der Waals surface area (Å²) in [4.78, 5) is 22.5. The molecule has 1 rings (SSSR count). The van der Waals surface area contributed by atoms with Crippen molar-refractivity contribution in [1.82, 2.24) is 0 Å². The van der Waals surface area contributed by atoms with Crippen molar-refractivity contribution in [2.45, 2.75) is 13.0 Å². The Balaban J connectivity index is 2.90. The fourth-order valence-electron chi connectivity index (χ4n) is 1.25. The van der Waals surface area contributed by atoms with Gasteiger partial charge in [0.05, 0.1) is 19.8 Å². The third kappa shape index (κ3) is 3.13. The van der Waals surface area contributed by atoms with Crippen LogP contribution in [0.15, 0.2) is 18.2 Å². The van der Waals surface area contributed by atoms with Gasteiger partial charge in [0.1, 0.15) is 0 Å². The molecule has 1 aromatic rings. The van der Waals surface area contributed by atoms with Crippen LogP contribution in [0.3, 0.4) is 0 Å². The molecule has 1 unspecified atom stereocenters.